The molecule has 1 aromatic carbocycles. The van der Waals surface area contributed by atoms with Crippen molar-refractivity contribution in [1.29, 1.82) is 0 Å². The number of aryl methyl sites for hydroxylation is 1. The number of benzene rings is 1. The van der Waals surface area contributed by atoms with Gasteiger partial charge in [0.25, 0.3) is 0 Å². The van der Waals surface area contributed by atoms with Crippen molar-refractivity contribution in [2.45, 2.75) is 25.4 Å². The van der Waals surface area contributed by atoms with Crippen LogP contribution in [-0.2, 0) is 13.0 Å². The van der Waals surface area contributed by atoms with Gasteiger partial charge in [0, 0.05) is 18.1 Å². The SMILES string of the molecule is O=C(Nc1cc(-c2ccccc2)ns1)N[C@H]1CCc2ncnn2C1. The first-order chi connectivity index (χ1) is 11.8. The smallest absolute Gasteiger partial charge is 0.320 e. The summed E-state index contributed by atoms with van der Waals surface area (Å²) in [5.74, 6) is 0.975. The van der Waals surface area contributed by atoms with Gasteiger partial charge in [-0.1, -0.05) is 30.3 Å². The molecule has 1 atom stereocenters. The first-order valence-corrected chi connectivity index (χ1v) is 8.51. The largest absolute Gasteiger partial charge is 0.333 e. The first kappa shape index (κ1) is 14.8. The van der Waals surface area contributed by atoms with Crippen LogP contribution in [0, 0.1) is 0 Å². The fourth-order valence-electron chi connectivity index (χ4n) is 2.77. The van der Waals surface area contributed by atoms with E-state index >= 15 is 0 Å². The van der Waals surface area contributed by atoms with Crippen LogP contribution in [0.3, 0.4) is 0 Å². The molecule has 0 unspecified atom stereocenters. The Labute approximate surface area is 142 Å². The summed E-state index contributed by atoms with van der Waals surface area (Å²) in [7, 11) is 0. The van der Waals surface area contributed by atoms with E-state index in [1.807, 2.05) is 41.1 Å². The van der Waals surface area contributed by atoms with Gasteiger partial charge in [0.2, 0.25) is 0 Å². The number of carbonyl (C=O) groups is 1. The average molecular weight is 340 g/mol. The zero-order valence-corrected chi connectivity index (χ0v) is 13.7. The van der Waals surface area contributed by atoms with Gasteiger partial charge in [0.1, 0.15) is 17.2 Å². The van der Waals surface area contributed by atoms with E-state index in [2.05, 4.69) is 25.1 Å². The van der Waals surface area contributed by atoms with Crippen LogP contribution in [0.5, 0.6) is 0 Å². The maximum Gasteiger partial charge on any atom is 0.320 e. The van der Waals surface area contributed by atoms with Crippen molar-refractivity contribution >= 4 is 22.6 Å². The van der Waals surface area contributed by atoms with Gasteiger partial charge in [-0.15, -0.1) is 0 Å². The Balaban J connectivity index is 1.36. The lowest BCUT2D eigenvalue weighted by Crippen LogP contribution is -2.43. The molecule has 0 aliphatic carbocycles. The van der Waals surface area contributed by atoms with E-state index in [9.17, 15) is 4.79 Å². The first-order valence-electron chi connectivity index (χ1n) is 7.74. The second-order valence-corrected chi connectivity index (χ2v) is 6.44. The monoisotopic (exact) mass is 340 g/mol. The molecule has 7 nitrogen and oxygen atoms in total. The molecule has 2 N–H and O–H groups in total. The molecule has 122 valence electrons. The highest BCUT2D eigenvalue weighted by Crippen LogP contribution is 2.25. The number of nitrogens with one attached hydrogen (secondary N) is 2. The van der Waals surface area contributed by atoms with Gasteiger partial charge in [-0.2, -0.15) is 9.47 Å². The van der Waals surface area contributed by atoms with Crippen molar-refractivity contribution in [3.8, 4) is 11.3 Å². The van der Waals surface area contributed by atoms with Gasteiger partial charge >= 0.3 is 6.03 Å². The molecular weight excluding hydrogens is 324 g/mol. The summed E-state index contributed by atoms with van der Waals surface area (Å²) in [4.78, 5) is 16.4. The Morgan fingerprint density at radius 3 is 3.04 bits per heavy atom. The van der Waals surface area contributed by atoms with E-state index in [-0.39, 0.29) is 12.1 Å². The maximum atomic E-state index is 12.2. The molecule has 2 amide bonds. The number of nitrogens with zero attached hydrogens (tertiary/aromatic N) is 4. The molecule has 4 rings (SSSR count). The summed E-state index contributed by atoms with van der Waals surface area (Å²) >= 11 is 1.28. The van der Waals surface area contributed by atoms with Gasteiger partial charge < -0.3 is 5.32 Å². The predicted octanol–water partition coefficient (Wildman–Crippen LogP) is 2.54. The number of amides is 2. The zero-order valence-electron chi connectivity index (χ0n) is 12.8. The molecule has 24 heavy (non-hydrogen) atoms. The minimum absolute atomic E-state index is 0.0562. The van der Waals surface area contributed by atoms with Crippen LogP contribution in [0.4, 0.5) is 9.80 Å². The number of hydrogen-bond acceptors (Lipinski definition) is 5. The highest BCUT2D eigenvalue weighted by Gasteiger charge is 2.21. The summed E-state index contributed by atoms with van der Waals surface area (Å²) in [6.07, 6.45) is 3.24. The number of rotatable bonds is 3. The van der Waals surface area contributed by atoms with Crippen molar-refractivity contribution in [3.63, 3.8) is 0 Å². The lowest BCUT2D eigenvalue weighted by molar-refractivity contribution is 0.243. The summed E-state index contributed by atoms with van der Waals surface area (Å²) in [5, 5.41) is 10.7. The molecule has 3 heterocycles. The quantitative estimate of drug-likeness (QED) is 0.767. The number of urea groups is 1. The fraction of sp³-hybridized carbons (Fsp3) is 0.250. The molecular formula is C16H16N6OS. The van der Waals surface area contributed by atoms with E-state index in [1.165, 1.54) is 11.5 Å². The Morgan fingerprint density at radius 1 is 1.29 bits per heavy atom. The predicted molar refractivity (Wildman–Crippen MR) is 91.8 cm³/mol. The van der Waals surface area contributed by atoms with E-state index in [0.717, 1.165) is 34.9 Å². The van der Waals surface area contributed by atoms with Crippen LogP contribution >= 0.6 is 11.5 Å². The number of carbonyl (C=O) groups excluding carboxylic acids is 1. The zero-order chi connectivity index (χ0) is 16.4. The Hall–Kier alpha value is -2.74. The Bertz CT molecular complexity index is 843. The van der Waals surface area contributed by atoms with Crippen LogP contribution < -0.4 is 10.6 Å². The molecule has 0 saturated carbocycles. The maximum absolute atomic E-state index is 12.2. The Kier molecular flexibility index (Phi) is 3.96. The number of fused-ring (bicyclic) bond motifs is 1. The van der Waals surface area contributed by atoms with E-state index in [0.29, 0.717) is 6.54 Å². The summed E-state index contributed by atoms with van der Waals surface area (Å²) < 4.78 is 6.23. The van der Waals surface area contributed by atoms with Gasteiger partial charge in [0.15, 0.2) is 0 Å². The lowest BCUT2D eigenvalue weighted by Gasteiger charge is -2.23. The van der Waals surface area contributed by atoms with Crippen LogP contribution in [-0.4, -0.2) is 31.2 Å². The lowest BCUT2D eigenvalue weighted by atomic mass is 10.1. The molecule has 1 aliphatic rings. The van der Waals surface area contributed by atoms with Crippen LogP contribution in [0.1, 0.15) is 12.2 Å². The molecule has 3 aromatic rings. The van der Waals surface area contributed by atoms with E-state index < -0.39 is 0 Å². The molecule has 8 heteroatoms. The highest BCUT2D eigenvalue weighted by molar-refractivity contribution is 7.10. The third-order valence-electron chi connectivity index (χ3n) is 3.96. The van der Waals surface area contributed by atoms with Crippen molar-refractivity contribution in [3.05, 3.63) is 48.5 Å². The van der Waals surface area contributed by atoms with Gasteiger partial charge in [-0.3, -0.25) is 5.32 Å². The van der Waals surface area contributed by atoms with Crippen LogP contribution in [0.2, 0.25) is 0 Å². The average Bonchev–Trinajstić information content (AvgIpc) is 3.24. The Morgan fingerprint density at radius 2 is 2.17 bits per heavy atom. The van der Waals surface area contributed by atoms with Crippen LogP contribution in [0.25, 0.3) is 11.3 Å². The number of hydrogen-bond donors (Lipinski definition) is 2. The second kappa shape index (κ2) is 6.40. The summed E-state index contributed by atoms with van der Waals surface area (Å²) in [6, 6.07) is 11.6. The molecule has 0 bridgehead atoms. The molecule has 2 aromatic heterocycles. The van der Waals surface area contributed by atoms with Gasteiger partial charge in [-0.25, -0.2) is 14.5 Å². The normalized spacial score (nSPS) is 16.4. The molecule has 0 fully saturated rings. The third kappa shape index (κ3) is 3.13. The van der Waals surface area contributed by atoms with Crippen molar-refractivity contribution in [2.24, 2.45) is 0 Å². The van der Waals surface area contributed by atoms with Crippen LogP contribution in [0.15, 0.2) is 42.7 Å². The highest BCUT2D eigenvalue weighted by atomic mass is 32.1. The van der Waals surface area contributed by atoms with Gasteiger partial charge in [0.05, 0.1) is 18.3 Å². The van der Waals surface area contributed by atoms with E-state index in [1.54, 1.807) is 6.33 Å². The van der Waals surface area contributed by atoms with Crippen molar-refractivity contribution in [1.82, 2.24) is 24.5 Å². The molecule has 0 saturated heterocycles. The topological polar surface area (TPSA) is 84.7 Å². The molecule has 0 spiro atoms. The molecule has 1 aliphatic heterocycles. The minimum atomic E-state index is -0.216. The standard InChI is InChI=1S/C16H16N6OS/c23-16(19-12-6-7-14-17-10-18-22(14)9-12)20-15-8-13(21-24-15)11-4-2-1-3-5-11/h1-5,8,10,12H,6-7,9H2,(H2,19,20,23)/t12-/m0/s1. The summed E-state index contributed by atoms with van der Waals surface area (Å²) in [6.45, 7) is 0.653. The van der Waals surface area contributed by atoms with Crippen molar-refractivity contribution < 1.29 is 4.79 Å². The van der Waals surface area contributed by atoms with Gasteiger partial charge in [-0.05, 0) is 18.0 Å². The number of aromatic nitrogens is 4. The third-order valence-corrected chi connectivity index (χ3v) is 4.66. The van der Waals surface area contributed by atoms with E-state index in [4.69, 9.17) is 0 Å². The molecule has 0 radical (unpaired) electrons. The second-order valence-electron chi connectivity index (χ2n) is 5.63. The number of anilines is 1. The fourth-order valence-corrected chi connectivity index (χ4v) is 3.43. The van der Waals surface area contributed by atoms with Crippen molar-refractivity contribution in [2.75, 3.05) is 5.32 Å². The minimum Gasteiger partial charge on any atom is -0.333 e. The summed E-state index contributed by atoms with van der Waals surface area (Å²) in [5.41, 5.74) is 1.90.